The fourth-order valence-electron chi connectivity index (χ4n) is 13.0. The van der Waals surface area contributed by atoms with Crippen molar-refractivity contribution in [2.24, 2.45) is 0 Å². The lowest BCUT2D eigenvalue weighted by atomic mass is 9.73. The summed E-state index contributed by atoms with van der Waals surface area (Å²) in [6.07, 6.45) is 5.30. The summed E-state index contributed by atoms with van der Waals surface area (Å²) in [4.78, 5) is 0. The molecule has 0 radical (unpaired) electrons. The average Bonchev–Trinajstić information content (AvgIpc) is 1.04. The highest BCUT2D eigenvalue weighted by Gasteiger charge is 2.29. The molecule has 0 bridgehead atoms. The van der Waals surface area contributed by atoms with Crippen LogP contribution in [-0.2, 0) is 55.8 Å². The second-order valence-corrected chi connectivity index (χ2v) is 25.2. The number of methoxy groups -OCH3 is 5. The standard InChI is InChI=1S/C87H96O10/c1-8-69(71-36-46-79(47-37-71)94-84(89-4)56-65-26-16-10-17-27-65)60-76(73-40-50-81(51-41-73)96-86(91-6)58-67-30-20-12-21-31-67)62-77(74-42-52-82(53-43-74)97-87(92-7)59-68-32-22-13-23-33-68)61-75(72-38-48-80(49-39-72)95-85(90-5)57-66-28-18-11-19-29-66)54-63(2)70-34-44-78(45-35-70)93-83(88-3)55-64-24-14-9-15-25-64/h9-53,63,69,75-77,83-87H,8,54-62H2,1-7H3. The van der Waals surface area contributed by atoms with E-state index in [4.69, 9.17) is 47.4 Å². The Labute approximate surface area is 576 Å². The van der Waals surface area contributed by atoms with E-state index in [1.54, 1.807) is 35.5 Å². The topological polar surface area (TPSA) is 92.3 Å². The van der Waals surface area contributed by atoms with Crippen molar-refractivity contribution in [3.8, 4) is 28.7 Å². The summed E-state index contributed by atoms with van der Waals surface area (Å²) in [5.41, 5.74) is 12.0. The molecule has 0 aliphatic carbocycles. The molecule has 10 aromatic carbocycles. The predicted molar refractivity (Wildman–Crippen MR) is 388 cm³/mol. The monoisotopic (exact) mass is 1300 g/mol. The Morgan fingerprint density at radius 3 is 0.639 bits per heavy atom. The number of hydrogen-bond acceptors (Lipinski definition) is 10. The first-order valence-corrected chi connectivity index (χ1v) is 34.3. The van der Waals surface area contributed by atoms with Crippen molar-refractivity contribution in [2.75, 3.05) is 35.5 Å². The van der Waals surface area contributed by atoms with Crippen molar-refractivity contribution in [1.82, 2.24) is 0 Å². The van der Waals surface area contributed by atoms with Gasteiger partial charge in [-0.15, -0.1) is 0 Å². The van der Waals surface area contributed by atoms with Gasteiger partial charge in [-0.25, -0.2) is 0 Å². The van der Waals surface area contributed by atoms with Gasteiger partial charge < -0.3 is 47.4 Å². The molecule has 0 aromatic heterocycles. The maximum absolute atomic E-state index is 6.61. The lowest BCUT2D eigenvalue weighted by Crippen LogP contribution is -2.22. The molecule has 10 atom stereocenters. The molecule has 0 amide bonds. The Morgan fingerprint density at radius 1 is 0.227 bits per heavy atom. The number of rotatable bonds is 39. The van der Waals surface area contributed by atoms with Crippen molar-refractivity contribution < 1.29 is 47.4 Å². The van der Waals surface area contributed by atoms with E-state index in [9.17, 15) is 0 Å². The van der Waals surface area contributed by atoms with Gasteiger partial charge in [-0.2, -0.15) is 0 Å². The minimum Gasteiger partial charge on any atom is -0.465 e. The van der Waals surface area contributed by atoms with E-state index in [-0.39, 0.29) is 29.6 Å². The van der Waals surface area contributed by atoms with Crippen LogP contribution >= 0.6 is 0 Å². The quantitative estimate of drug-likeness (QED) is 0.0347. The zero-order valence-corrected chi connectivity index (χ0v) is 57.4. The molecule has 0 saturated carbocycles. The van der Waals surface area contributed by atoms with E-state index in [2.05, 4.69) is 196 Å². The molecule has 0 aliphatic rings. The van der Waals surface area contributed by atoms with Gasteiger partial charge in [0.2, 0.25) is 31.5 Å². The number of ether oxygens (including phenoxy) is 10. The largest absolute Gasteiger partial charge is 0.465 e. The molecular formula is C87H96O10. The summed E-state index contributed by atoms with van der Waals surface area (Å²) in [5, 5.41) is 0. The third kappa shape index (κ3) is 22.0. The highest BCUT2D eigenvalue weighted by atomic mass is 16.7. The molecule has 0 spiro atoms. The van der Waals surface area contributed by atoms with Crippen LogP contribution in [0.4, 0.5) is 0 Å². The van der Waals surface area contributed by atoms with Gasteiger partial charge >= 0.3 is 0 Å². The molecule has 10 aromatic rings. The van der Waals surface area contributed by atoms with Crippen molar-refractivity contribution in [3.63, 3.8) is 0 Å². The molecule has 10 nitrogen and oxygen atoms in total. The predicted octanol–water partition coefficient (Wildman–Crippen LogP) is 19.9. The lowest BCUT2D eigenvalue weighted by Gasteiger charge is -2.32. The highest BCUT2D eigenvalue weighted by molar-refractivity contribution is 5.38. The van der Waals surface area contributed by atoms with E-state index >= 15 is 0 Å². The average molecular weight is 1300 g/mol. The van der Waals surface area contributed by atoms with Gasteiger partial charge in [-0.05, 0) is 178 Å². The zero-order valence-electron chi connectivity index (χ0n) is 57.4. The zero-order chi connectivity index (χ0) is 67.4. The third-order valence-corrected chi connectivity index (χ3v) is 18.6. The van der Waals surface area contributed by atoms with E-state index in [1.807, 2.05) is 91.0 Å². The normalized spacial score (nSPS) is 14.5. The molecule has 10 unspecified atom stereocenters. The first-order chi connectivity index (χ1) is 47.6. The van der Waals surface area contributed by atoms with Crippen molar-refractivity contribution >= 4 is 0 Å². The van der Waals surface area contributed by atoms with Crippen LogP contribution in [0.1, 0.15) is 131 Å². The molecule has 97 heavy (non-hydrogen) atoms. The Kier molecular flexibility index (Phi) is 27.4. The molecule has 10 heteroatoms. The van der Waals surface area contributed by atoms with Gasteiger partial charge in [0.1, 0.15) is 28.7 Å². The van der Waals surface area contributed by atoms with Crippen LogP contribution < -0.4 is 23.7 Å². The van der Waals surface area contributed by atoms with Crippen LogP contribution in [-0.4, -0.2) is 67.0 Å². The van der Waals surface area contributed by atoms with Gasteiger partial charge in [0.25, 0.3) is 0 Å². The molecular weight excluding hydrogens is 1200 g/mol. The minimum absolute atomic E-state index is 0.0772. The van der Waals surface area contributed by atoms with Gasteiger partial charge in [0.05, 0.1) is 0 Å². The summed E-state index contributed by atoms with van der Waals surface area (Å²) in [5.74, 6) is 4.48. The fourth-order valence-corrected chi connectivity index (χ4v) is 13.0. The Hall–Kier alpha value is -9.00. The van der Waals surface area contributed by atoms with Gasteiger partial charge in [-0.3, -0.25) is 0 Å². The fraction of sp³-hybridized carbons (Fsp3) is 0.310. The van der Waals surface area contributed by atoms with Crippen LogP contribution in [0.2, 0.25) is 0 Å². The minimum atomic E-state index is -0.466. The SMILES string of the molecule is CCC(CC(CC(CC(CC(C)c1ccc(OC(Cc2ccccc2)OC)cc1)c1ccc(OC(Cc2ccccc2)OC)cc1)c1ccc(OC(Cc2ccccc2)OC)cc1)c1ccc(OC(Cc2ccccc2)OC)cc1)c1ccc(OC(Cc2ccccc2)OC)cc1. The Morgan fingerprint density at radius 2 is 0.423 bits per heavy atom. The third-order valence-electron chi connectivity index (χ3n) is 18.6. The van der Waals surface area contributed by atoms with Crippen LogP contribution in [0, 0.1) is 0 Å². The number of benzene rings is 10. The Bertz CT molecular complexity index is 3770. The van der Waals surface area contributed by atoms with Crippen LogP contribution in [0.3, 0.4) is 0 Å². The van der Waals surface area contributed by atoms with E-state index in [1.165, 1.54) is 27.8 Å². The highest BCUT2D eigenvalue weighted by Crippen LogP contribution is 2.46. The summed E-state index contributed by atoms with van der Waals surface area (Å²) in [6.45, 7) is 4.66. The van der Waals surface area contributed by atoms with Crippen molar-refractivity contribution in [1.29, 1.82) is 0 Å². The molecule has 0 N–H and O–H groups in total. The smallest absolute Gasteiger partial charge is 0.203 e. The van der Waals surface area contributed by atoms with E-state index < -0.39 is 31.5 Å². The second kappa shape index (κ2) is 37.5. The molecule has 0 saturated heterocycles. The maximum Gasteiger partial charge on any atom is 0.203 e. The Balaban J connectivity index is 0.994. The van der Waals surface area contributed by atoms with Crippen LogP contribution in [0.5, 0.6) is 28.7 Å². The molecule has 504 valence electrons. The first-order valence-electron chi connectivity index (χ1n) is 34.3. The first kappa shape index (κ1) is 70.8. The van der Waals surface area contributed by atoms with E-state index in [0.717, 1.165) is 88.7 Å². The lowest BCUT2D eigenvalue weighted by molar-refractivity contribution is -0.0522. The van der Waals surface area contributed by atoms with Crippen molar-refractivity contribution in [2.45, 2.75) is 139 Å². The second-order valence-electron chi connectivity index (χ2n) is 25.2. The summed E-state index contributed by atoms with van der Waals surface area (Å²) in [6, 6.07) is 95.3. The maximum atomic E-state index is 6.61. The van der Waals surface area contributed by atoms with Gasteiger partial charge in [0, 0.05) is 67.7 Å². The molecule has 10 rings (SSSR count). The van der Waals surface area contributed by atoms with Gasteiger partial charge in [0.15, 0.2) is 0 Å². The molecule has 0 aliphatic heterocycles. The summed E-state index contributed by atoms with van der Waals surface area (Å²) in [7, 11) is 8.52. The van der Waals surface area contributed by atoms with Crippen LogP contribution in [0.25, 0.3) is 0 Å². The number of hydrogen-bond donors (Lipinski definition) is 0. The van der Waals surface area contributed by atoms with Crippen molar-refractivity contribution in [3.05, 3.63) is 329 Å². The molecule has 0 heterocycles. The molecule has 0 fully saturated rings. The van der Waals surface area contributed by atoms with Gasteiger partial charge in [-0.1, -0.05) is 226 Å². The summed E-state index contributed by atoms with van der Waals surface area (Å²) < 4.78 is 62.1. The van der Waals surface area contributed by atoms with Crippen LogP contribution in [0.15, 0.2) is 273 Å². The van der Waals surface area contributed by atoms with E-state index in [0.29, 0.717) is 32.1 Å². The summed E-state index contributed by atoms with van der Waals surface area (Å²) >= 11 is 0.